The van der Waals surface area contributed by atoms with Gasteiger partial charge in [-0.05, 0) is 18.4 Å². The van der Waals surface area contributed by atoms with Crippen LogP contribution in [0.4, 0.5) is 14.5 Å². The SMILES string of the molecule is Cc1cc([N+](=O)[O-])c(F)c(OCC(C)C)c1F. The Balaban J connectivity index is 3.22. The highest BCUT2D eigenvalue weighted by atomic mass is 19.1. The molecule has 0 atom stereocenters. The van der Waals surface area contributed by atoms with Crippen LogP contribution in [0.25, 0.3) is 0 Å². The number of nitro benzene ring substituents is 1. The fourth-order valence-corrected chi connectivity index (χ4v) is 1.23. The van der Waals surface area contributed by atoms with Crippen molar-refractivity contribution in [3.8, 4) is 5.75 Å². The summed E-state index contributed by atoms with van der Waals surface area (Å²) in [5, 5.41) is 10.6. The van der Waals surface area contributed by atoms with E-state index in [4.69, 9.17) is 4.74 Å². The molecule has 1 aromatic carbocycles. The van der Waals surface area contributed by atoms with Gasteiger partial charge in [-0.3, -0.25) is 10.1 Å². The Hall–Kier alpha value is -1.72. The fourth-order valence-electron chi connectivity index (χ4n) is 1.23. The van der Waals surface area contributed by atoms with Gasteiger partial charge in [0.15, 0.2) is 11.6 Å². The van der Waals surface area contributed by atoms with Gasteiger partial charge in [0.2, 0.25) is 5.82 Å². The summed E-state index contributed by atoms with van der Waals surface area (Å²) in [6, 6.07) is 0.854. The van der Waals surface area contributed by atoms with Crippen LogP contribution in [-0.4, -0.2) is 11.5 Å². The van der Waals surface area contributed by atoms with Gasteiger partial charge in [-0.15, -0.1) is 0 Å². The highest BCUT2D eigenvalue weighted by Gasteiger charge is 2.25. The summed E-state index contributed by atoms with van der Waals surface area (Å²) < 4.78 is 32.1. The molecule has 0 N–H and O–H groups in total. The summed E-state index contributed by atoms with van der Waals surface area (Å²) in [6.45, 7) is 5.03. The van der Waals surface area contributed by atoms with Crippen LogP contribution in [0.15, 0.2) is 6.07 Å². The van der Waals surface area contributed by atoms with Gasteiger partial charge in [0, 0.05) is 6.07 Å². The van der Waals surface area contributed by atoms with E-state index in [0.29, 0.717) is 0 Å². The van der Waals surface area contributed by atoms with Gasteiger partial charge in [-0.2, -0.15) is 4.39 Å². The van der Waals surface area contributed by atoms with Gasteiger partial charge < -0.3 is 4.74 Å². The monoisotopic (exact) mass is 245 g/mol. The van der Waals surface area contributed by atoms with E-state index in [2.05, 4.69) is 0 Å². The van der Waals surface area contributed by atoms with Crippen molar-refractivity contribution in [3.05, 3.63) is 33.4 Å². The van der Waals surface area contributed by atoms with Crippen molar-refractivity contribution in [1.29, 1.82) is 0 Å². The van der Waals surface area contributed by atoms with E-state index in [1.54, 1.807) is 13.8 Å². The third-order valence-corrected chi connectivity index (χ3v) is 2.08. The highest BCUT2D eigenvalue weighted by molar-refractivity contribution is 5.45. The third kappa shape index (κ3) is 2.89. The zero-order chi connectivity index (χ0) is 13.2. The van der Waals surface area contributed by atoms with Crippen molar-refractivity contribution < 1.29 is 18.4 Å². The van der Waals surface area contributed by atoms with Crippen molar-refractivity contribution in [2.75, 3.05) is 6.61 Å². The first-order valence-corrected chi connectivity index (χ1v) is 5.10. The zero-order valence-corrected chi connectivity index (χ0v) is 9.79. The second-order valence-electron chi connectivity index (χ2n) is 4.13. The topological polar surface area (TPSA) is 52.4 Å². The summed E-state index contributed by atoms with van der Waals surface area (Å²) >= 11 is 0. The van der Waals surface area contributed by atoms with Gasteiger partial charge in [0.05, 0.1) is 11.5 Å². The lowest BCUT2D eigenvalue weighted by molar-refractivity contribution is -0.387. The summed E-state index contributed by atoms with van der Waals surface area (Å²) in [7, 11) is 0. The minimum Gasteiger partial charge on any atom is -0.487 e. The summed E-state index contributed by atoms with van der Waals surface area (Å²) in [6.07, 6.45) is 0. The quantitative estimate of drug-likeness (QED) is 0.604. The molecule has 0 aromatic heterocycles. The molecule has 0 saturated carbocycles. The second-order valence-corrected chi connectivity index (χ2v) is 4.13. The molecule has 0 spiro atoms. The predicted molar refractivity (Wildman–Crippen MR) is 58.1 cm³/mol. The molecule has 0 bridgehead atoms. The normalized spacial score (nSPS) is 10.7. The van der Waals surface area contributed by atoms with E-state index in [9.17, 15) is 18.9 Å². The third-order valence-electron chi connectivity index (χ3n) is 2.08. The Kier molecular flexibility index (Phi) is 3.98. The number of hydrogen-bond acceptors (Lipinski definition) is 3. The molecular formula is C11H13F2NO3. The molecule has 0 radical (unpaired) electrons. The summed E-state index contributed by atoms with van der Waals surface area (Å²) in [5.74, 6) is -2.77. The molecule has 0 heterocycles. The molecule has 6 heteroatoms. The zero-order valence-electron chi connectivity index (χ0n) is 9.79. The largest absolute Gasteiger partial charge is 0.487 e. The minimum absolute atomic E-state index is 0.0168. The molecule has 0 unspecified atom stereocenters. The van der Waals surface area contributed by atoms with Crippen LogP contribution < -0.4 is 4.74 Å². The van der Waals surface area contributed by atoms with Crippen LogP contribution in [-0.2, 0) is 0 Å². The van der Waals surface area contributed by atoms with Gasteiger partial charge in [-0.25, -0.2) is 4.39 Å². The molecule has 0 saturated heterocycles. The first-order valence-electron chi connectivity index (χ1n) is 5.10. The lowest BCUT2D eigenvalue weighted by atomic mass is 10.2. The number of aryl methyl sites for hydroxylation is 1. The van der Waals surface area contributed by atoms with E-state index in [0.717, 1.165) is 6.07 Å². The number of halogens is 2. The Morgan fingerprint density at radius 2 is 2.00 bits per heavy atom. The molecule has 0 aliphatic rings. The van der Waals surface area contributed by atoms with Gasteiger partial charge in [-0.1, -0.05) is 13.8 Å². The molecule has 0 amide bonds. The summed E-state index contributed by atoms with van der Waals surface area (Å²) in [5.41, 5.74) is -0.792. The van der Waals surface area contributed by atoms with Gasteiger partial charge in [0.1, 0.15) is 0 Å². The Bertz CT molecular complexity index is 447. The van der Waals surface area contributed by atoms with Crippen molar-refractivity contribution in [3.63, 3.8) is 0 Å². The van der Waals surface area contributed by atoms with E-state index in [1.165, 1.54) is 6.92 Å². The van der Waals surface area contributed by atoms with Crippen molar-refractivity contribution in [2.24, 2.45) is 5.92 Å². The first kappa shape index (κ1) is 13.3. The standard InChI is InChI=1S/C11H13F2NO3/c1-6(2)5-17-11-9(12)7(3)4-8(10(11)13)14(15)16/h4,6H,5H2,1-3H3. The molecule has 1 rings (SSSR count). The van der Waals surface area contributed by atoms with Crippen molar-refractivity contribution >= 4 is 5.69 Å². The van der Waals surface area contributed by atoms with Crippen LogP contribution >= 0.6 is 0 Å². The van der Waals surface area contributed by atoms with E-state index >= 15 is 0 Å². The lowest BCUT2D eigenvalue weighted by Crippen LogP contribution is -2.09. The van der Waals surface area contributed by atoms with Crippen LogP contribution in [0.2, 0.25) is 0 Å². The molecule has 0 fully saturated rings. The van der Waals surface area contributed by atoms with Crippen molar-refractivity contribution in [1.82, 2.24) is 0 Å². The number of nitro groups is 1. The number of ether oxygens (including phenoxy) is 1. The molecular weight excluding hydrogens is 232 g/mol. The smallest absolute Gasteiger partial charge is 0.309 e. The molecule has 0 aliphatic carbocycles. The van der Waals surface area contributed by atoms with E-state index in [1.807, 2.05) is 0 Å². The number of hydrogen-bond donors (Lipinski definition) is 0. The molecule has 94 valence electrons. The molecule has 17 heavy (non-hydrogen) atoms. The average Bonchev–Trinajstić information content (AvgIpc) is 2.22. The Morgan fingerprint density at radius 1 is 1.41 bits per heavy atom. The maximum absolute atomic E-state index is 13.6. The van der Waals surface area contributed by atoms with Crippen LogP contribution in [0.5, 0.6) is 5.75 Å². The van der Waals surface area contributed by atoms with Crippen molar-refractivity contribution in [2.45, 2.75) is 20.8 Å². The molecule has 4 nitrogen and oxygen atoms in total. The van der Waals surface area contributed by atoms with Crippen LogP contribution in [0.1, 0.15) is 19.4 Å². The molecule has 1 aromatic rings. The second kappa shape index (κ2) is 5.07. The van der Waals surface area contributed by atoms with Gasteiger partial charge in [0.25, 0.3) is 0 Å². The van der Waals surface area contributed by atoms with E-state index in [-0.39, 0.29) is 18.1 Å². The number of benzene rings is 1. The first-order chi connectivity index (χ1) is 7.84. The summed E-state index contributed by atoms with van der Waals surface area (Å²) in [4.78, 5) is 9.66. The number of rotatable bonds is 4. The average molecular weight is 245 g/mol. The Labute approximate surface area is 97.4 Å². The fraction of sp³-hybridized carbons (Fsp3) is 0.455. The highest BCUT2D eigenvalue weighted by Crippen LogP contribution is 2.32. The minimum atomic E-state index is -1.27. The number of nitrogens with zero attached hydrogens (tertiary/aromatic N) is 1. The van der Waals surface area contributed by atoms with Crippen LogP contribution in [0, 0.1) is 34.6 Å². The lowest BCUT2D eigenvalue weighted by Gasteiger charge is -2.11. The maximum atomic E-state index is 13.6. The maximum Gasteiger partial charge on any atom is 0.309 e. The van der Waals surface area contributed by atoms with E-state index < -0.39 is 28.0 Å². The van der Waals surface area contributed by atoms with Gasteiger partial charge >= 0.3 is 5.69 Å². The van der Waals surface area contributed by atoms with Crippen LogP contribution in [0.3, 0.4) is 0 Å². The Morgan fingerprint density at radius 3 is 2.47 bits per heavy atom. The predicted octanol–water partition coefficient (Wildman–Crippen LogP) is 3.22. The molecule has 0 aliphatic heterocycles.